The molecule has 1 fully saturated rings. The third-order valence-electron chi connectivity index (χ3n) is 3.92. The molecule has 1 N–H and O–H groups in total. The van der Waals surface area contributed by atoms with E-state index in [0.29, 0.717) is 31.1 Å². The number of phenols is 1. The number of aromatic hydroxyl groups is 1. The van der Waals surface area contributed by atoms with E-state index in [1.807, 2.05) is 16.3 Å². The summed E-state index contributed by atoms with van der Waals surface area (Å²) in [5, 5.41) is 20.0. The molecule has 1 saturated heterocycles. The maximum atomic E-state index is 13.4. The van der Waals surface area contributed by atoms with Gasteiger partial charge in [0.2, 0.25) is 0 Å². The van der Waals surface area contributed by atoms with E-state index >= 15 is 0 Å². The number of nitriles is 1. The van der Waals surface area contributed by atoms with Crippen molar-refractivity contribution < 1.29 is 18.7 Å². The molecule has 1 aliphatic heterocycles. The largest absolute Gasteiger partial charge is 0.503 e. The van der Waals surface area contributed by atoms with Gasteiger partial charge in [0, 0.05) is 31.7 Å². The monoisotopic (exact) mass is 349 g/mol. The number of halogens is 2. The van der Waals surface area contributed by atoms with Crippen molar-refractivity contribution in [2.24, 2.45) is 0 Å². The van der Waals surface area contributed by atoms with Crippen molar-refractivity contribution in [3.63, 3.8) is 0 Å². The van der Waals surface area contributed by atoms with Crippen LogP contribution < -0.4 is 4.90 Å². The summed E-state index contributed by atoms with van der Waals surface area (Å²) >= 11 is 1.36. The molecule has 0 bridgehead atoms. The highest BCUT2D eigenvalue weighted by Gasteiger charge is 2.25. The second-order valence-corrected chi connectivity index (χ2v) is 6.23. The highest BCUT2D eigenvalue weighted by Crippen LogP contribution is 2.27. The smallest absolute Gasteiger partial charge is 0.254 e. The Morgan fingerprint density at radius 1 is 1.21 bits per heavy atom. The molecule has 1 aliphatic rings. The number of hydrogen-bond donors (Lipinski definition) is 1. The second-order valence-electron chi connectivity index (χ2n) is 5.31. The third kappa shape index (κ3) is 2.90. The standard InChI is InChI=1S/C16H13F2N3O2S/c17-11-7-10(8-12(18)15(11)22)16(23)21-4-2-20(3-5-21)13-1-6-24-14(13)9-19/h1,6-8,22H,2-5H2. The molecule has 0 unspecified atom stereocenters. The average molecular weight is 349 g/mol. The second kappa shape index (κ2) is 6.45. The summed E-state index contributed by atoms with van der Waals surface area (Å²) in [5.74, 6) is -3.89. The van der Waals surface area contributed by atoms with Crippen LogP contribution in [-0.2, 0) is 0 Å². The predicted octanol–water partition coefficient (Wildman–Crippen LogP) is 2.57. The van der Waals surface area contributed by atoms with Crippen molar-refractivity contribution >= 4 is 22.9 Å². The molecule has 0 saturated carbocycles. The number of hydrogen-bond acceptors (Lipinski definition) is 5. The zero-order valence-corrected chi connectivity index (χ0v) is 13.3. The van der Waals surface area contributed by atoms with E-state index in [1.54, 1.807) is 0 Å². The van der Waals surface area contributed by atoms with E-state index in [1.165, 1.54) is 16.2 Å². The van der Waals surface area contributed by atoms with Gasteiger partial charge in [0.1, 0.15) is 10.9 Å². The Kier molecular flexibility index (Phi) is 4.36. The Morgan fingerprint density at radius 3 is 2.42 bits per heavy atom. The normalized spacial score (nSPS) is 14.5. The lowest BCUT2D eigenvalue weighted by Crippen LogP contribution is -2.48. The molecule has 24 heavy (non-hydrogen) atoms. The van der Waals surface area contributed by atoms with E-state index in [2.05, 4.69) is 6.07 Å². The van der Waals surface area contributed by atoms with Crippen molar-refractivity contribution in [3.05, 3.63) is 45.7 Å². The summed E-state index contributed by atoms with van der Waals surface area (Å²) in [5.41, 5.74) is 0.709. The topological polar surface area (TPSA) is 67.6 Å². The number of rotatable bonds is 2. The first-order valence-corrected chi connectivity index (χ1v) is 8.09. The molecule has 0 radical (unpaired) electrons. The van der Waals surface area contributed by atoms with E-state index in [0.717, 1.165) is 17.8 Å². The van der Waals surface area contributed by atoms with E-state index in [-0.39, 0.29) is 5.56 Å². The van der Waals surface area contributed by atoms with Crippen molar-refractivity contribution in [1.29, 1.82) is 5.26 Å². The zero-order valence-electron chi connectivity index (χ0n) is 12.5. The lowest BCUT2D eigenvalue weighted by molar-refractivity contribution is 0.0745. The number of nitrogens with zero attached hydrogens (tertiary/aromatic N) is 3. The van der Waals surface area contributed by atoms with Crippen LogP contribution in [0.2, 0.25) is 0 Å². The molecule has 1 aromatic carbocycles. The molecule has 124 valence electrons. The Morgan fingerprint density at radius 2 is 1.83 bits per heavy atom. The van der Waals surface area contributed by atoms with Gasteiger partial charge in [-0.25, -0.2) is 8.78 Å². The van der Waals surface area contributed by atoms with Crippen LogP contribution in [0.5, 0.6) is 5.75 Å². The summed E-state index contributed by atoms with van der Waals surface area (Å²) in [7, 11) is 0. The summed E-state index contributed by atoms with van der Waals surface area (Å²) in [4.78, 5) is 16.5. The summed E-state index contributed by atoms with van der Waals surface area (Å²) in [6, 6.07) is 5.67. The number of anilines is 1. The minimum Gasteiger partial charge on any atom is -0.503 e. The Hall–Kier alpha value is -2.66. The lowest BCUT2D eigenvalue weighted by atomic mass is 10.1. The van der Waals surface area contributed by atoms with Crippen LogP contribution in [0.1, 0.15) is 15.2 Å². The summed E-state index contributed by atoms with van der Waals surface area (Å²) < 4.78 is 26.8. The van der Waals surface area contributed by atoms with Crippen molar-refractivity contribution in [1.82, 2.24) is 4.90 Å². The summed E-state index contributed by atoms with van der Waals surface area (Å²) in [6.07, 6.45) is 0. The van der Waals surface area contributed by atoms with Crippen LogP contribution in [0.25, 0.3) is 0 Å². The summed E-state index contributed by atoms with van der Waals surface area (Å²) in [6.45, 7) is 1.81. The molecule has 0 atom stereocenters. The molecule has 3 rings (SSSR count). The molecule has 1 aromatic heterocycles. The number of thiophene rings is 1. The quantitative estimate of drug-likeness (QED) is 0.905. The highest BCUT2D eigenvalue weighted by atomic mass is 32.1. The first-order valence-electron chi connectivity index (χ1n) is 7.21. The molecule has 0 spiro atoms. The molecular weight excluding hydrogens is 336 g/mol. The van der Waals surface area contributed by atoms with Gasteiger partial charge in [-0.1, -0.05) is 0 Å². The van der Waals surface area contributed by atoms with Gasteiger partial charge in [0.25, 0.3) is 5.91 Å². The van der Waals surface area contributed by atoms with E-state index < -0.39 is 23.3 Å². The fourth-order valence-electron chi connectivity index (χ4n) is 2.66. The zero-order chi connectivity index (χ0) is 17.3. The van der Waals surface area contributed by atoms with Crippen LogP contribution >= 0.6 is 11.3 Å². The maximum absolute atomic E-state index is 13.4. The molecule has 5 nitrogen and oxygen atoms in total. The lowest BCUT2D eigenvalue weighted by Gasteiger charge is -2.35. The van der Waals surface area contributed by atoms with Crippen LogP contribution in [0.3, 0.4) is 0 Å². The van der Waals surface area contributed by atoms with Gasteiger partial charge in [0.15, 0.2) is 17.4 Å². The van der Waals surface area contributed by atoms with Gasteiger partial charge in [-0.05, 0) is 23.6 Å². The first-order chi connectivity index (χ1) is 11.5. The Labute approximate surface area is 141 Å². The van der Waals surface area contributed by atoms with E-state index in [4.69, 9.17) is 10.4 Å². The first kappa shape index (κ1) is 16.2. The van der Waals surface area contributed by atoms with Crippen LogP contribution in [-0.4, -0.2) is 42.1 Å². The molecule has 1 amide bonds. The van der Waals surface area contributed by atoms with Crippen LogP contribution in [0.15, 0.2) is 23.6 Å². The molecular formula is C16H13F2N3O2S. The minimum atomic E-state index is -1.16. The number of phenolic OH excluding ortho intramolecular Hbond substituents is 1. The molecule has 8 heteroatoms. The molecule has 2 heterocycles. The minimum absolute atomic E-state index is 0.135. The van der Waals surface area contributed by atoms with E-state index in [9.17, 15) is 13.6 Å². The molecule has 0 aliphatic carbocycles. The van der Waals surface area contributed by atoms with Gasteiger partial charge >= 0.3 is 0 Å². The predicted molar refractivity (Wildman–Crippen MR) is 85.2 cm³/mol. The van der Waals surface area contributed by atoms with Gasteiger partial charge in [-0.2, -0.15) is 5.26 Å². The third-order valence-corrected chi connectivity index (χ3v) is 4.73. The number of carbonyl (C=O) groups excluding carboxylic acids is 1. The van der Waals surface area contributed by atoms with Gasteiger partial charge in [0.05, 0.1) is 5.69 Å². The number of piperazine rings is 1. The average Bonchev–Trinajstić information content (AvgIpc) is 3.07. The van der Waals surface area contributed by atoms with Crippen molar-refractivity contribution in [3.8, 4) is 11.8 Å². The van der Waals surface area contributed by atoms with Gasteiger partial charge < -0.3 is 14.9 Å². The fourth-order valence-corrected chi connectivity index (χ4v) is 3.36. The fraction of sp³-hybridized carbons (Fsp3) is 0.250. The Bertz CT molecular complexity index is 800. The molecule has 2 aromatic rings. The van der Waals surface area contributed by atoms with Crippen molar-refractivity contribution in [2.45, 2.75) is 0 Å². The SMILES string of the molecule is N#Cc1sccc1N1CCN(C(=O)c2cc(F)c(O)c(F)c2)CC1. The van der Waals surface area contributed by atoms with Crippen LogP contribution in [0, 0.1) is 23.0 Å². The van der Waals surface area contributed by atoms with Gasteiger partial charge in [-0.3, -0.25) is 4.79 Å². The number of benzene rings is 1. The van der Waals surface area contributed by atoms with Crippen molar-refractivity contribution in [2.75, 3.05) is 31.1 Å². The highest BCUT2D eigenvalue weighted by molar-refractivity contribution is 7.11. The maximum Gasteiger partial charge on any atom is 0.254 e. The van der Waals surface area contributed by atoms with Crippen LogP contribution in [0.4, 0.5) is 14.5 Å². The Balaban J connectivity index is 1.71. The number of carbonyl (C=O) groups is 1. The van der Waals surface area contributed by atoms with Gasteiger partial charge in [-0.15, -0.1) is 11.3 Å². The number of amides is 1.